The Labute approximate surface area is 302 Å². The first-order chi connectivity index (χ1) is 24.2. The zero-order chi connectivity index (χ0) is 37.2. The maximum absolute atomic E-state index is 13.2. The van der Waals surface area contributed by atoms with Crippen LogP contribution in [-0.2, 0) is 19.6 Å². The van der Waals surface area contributed by atoms with Crippen molar-refractivity contribution in [3.8, 4) is 0 Å². The number of carbonyl (C=O) groups excluding carboxylic acids is 4. The number of hydrogen-bond acceptors (Lipinski definition) is 8. The first-order valence-corrected chi connectivity index (χ1v) is 20.4. The number of fused-ring (bicyclic) bond motifs is 1. The van der Waals surface area contributed by atoms with Crippen LogP contribution in [0.4, 0.5) is 10.5 Å². The van der Waals surface area contributed by atoms with Crippen LogP contribution in [0.1, 0.15) is 144 Å². The molecule has 1 aromatic carbocycles. The molecule has 2 fully saturated rings. The molecule has 3 aliphatic heterocycles. The smallest absolute Gasteiger partial charge is 0.407 e. The Kier molecular flexibility index (Phi) is 14.4. The number of amides is 5. The fourth-order valence-electron chi connectivity index (χ4n) is 7.56. The second-order valence-corrected chi connectivity index (χ2v) is 17.2. The summed E-state index contributed by atoms with van der Waals surface area (Å²) in [6, 6.07) is 3.96. The molecule has 4 rings (SSSR count). The van der Waals surface area contributed by atoms with Gasteiger partial charge in [-0.1, -0.05) is 70.3 Å². The molecule has 0 aromatic heterocycles. The zero-order valence-corrected chi connectivity index (χ0v) is 31.4. The zero-order valence-electron chi connectivity index (χ0n) is 30.6. The predicted molar refractivity (Wildman–Crippen MR) is 195 cm³/mol. The van der Waals surface area contributed by atoms with E-state index in [0.29, 0.717) is 44.6 Å². The number of hydrogen-bond donors (Lipinski definition) is 3. The number of carbonyl (C=O) groups is 5. The molecule has 13 nitrogen and oxygen atoms in total. The standard InChI is InChI=1S/C37H57N5O8S/c1-37(2,3)42(36(47)48)27-21-24-40(25-22-27)51(49,50)26-15-13-11-9-7-5-4-6-8-10-12-14-23-38-29-18-16-17-28-32(29)35(46)41(34(28)45)30-19-20-31(43)39-33(30)44/h16-18,27,30,38H,4-15,19-26H2,1-3H3,(H,47,48)(H,39,43,44). The van der Waals surface area contributed by atoms with Gasteiger partial charge in [0.2, 0.25) is 21.8 Å². The van der Waals surface area contributed by atoms with Crippen LogP contribution in [0.2, 0.25) is 0 Å². The van der Waals surface area contributed by atoms with Gasteiger partial charge in [-0.05, 0) is 65.0 Å². The topological polar surface area (TPSA) is 174 Å². The van der Waals surface area contributed by atoms with Gasteiger partial charge in [0.1, 0.15) is 6.04 Å². The maximum Gasteiger partial charge on any atom is 0.407 e. The third kappa shape index (κ3) is 10.8. The molecule has 0 saturated carbocycles. The number of benzene rings is 1. The van der Waals surface area contributed by atoms with Crippen molar-refractivity contribution in [1.29, 1.82) is 0 Å². The first kappa shape index (κ1) is 40.3. The third-order valence-electron chi connectivity index (χ3n) is 10.2. The maximum atomic E-state index is 13.2. The average molecular weight is 732 g/mol. The van der Waals surface area contributed by atoms with Crippen molar-refractivity contribution in [1.82, 2.24) is 19.4 Å². The Balaban J connectivity index is 1.00. The molecule has 51 heavy (non-hydrogen) atoms. The van der Waals surface area contributed by atoms with E-state index in [-0.39, 0.29) is 35.8 Å². The van der Waals surface area contributed by atoms with Gasteiger partial charge in [-0.2, -0.15) is 0 Å². The SMILES string of the molecule is CC(C)(C)N(C(=O)O)C1CCN(S(=O)(=O)CCCCCCCCCCCCCCNc2cccc3c2C(=O)N(C2CCC(=O)NC2=O)C3=O)CC1. The number of sulfonamides is 1. The molecule has 2 saturated heterocycles. The Hall–Kier alpha value is -3.52. The number of nitrogens with one attached hydrogen (secondary N) is 2. The molecular formula is C37H57N5O8S. The van der Waals surface area contributed by atoms with Crippen LogP contribution in [-0.4, -0.2) is 100 Å². The van der Waals surface area contributed by atoms with Crippen molar-refractivity contribution in [2.24, 2.45) is 0 Å². The van der Waals surface area contributed by atoms with Gasteiger partial charge in [0.05, 0.1) is 16.9 Å². The van der Waals surface area contributed by atoms with Crippen LogP contribution in [0.15, 0.2) is 18.2 Å². The highest BCUT2D eigenvalue weighted by Crippen LogP contribution is 2.32. The molecule has 3 heterocycles. The summed E-state index contributed by atoms with van der Waals surface area (Å²) in [7, 11) is -3.32. The van der Waals surface area contributed by atoms with Crippen LogP contribution in [0.3, 0.4) is 0 Å². The second-order valence-electron chi connectivity index (χ2n) is 15.1. The van der Waals surface area contributed by atoms with Gasteiger partial charge >= 0.3 is 6.09 Å². The highest BCUT2D eigenvalue weighted by atomic mass is 32.2. The van der Waals surface area contributed by atoms with Gasteiger partial charge in [0, 0.05) is 43.3 Å². The van der Waals surface area contributed by atoms with Crippen LogP contribution in [0.5, 0.6) is 0 Å². The van der Waals surface area contributed by atoms with Crippen molar-refractivity contribution in [3.05, 3.63) is 29.3 Å². The van der Waals surface area contributed by atoms with Crippen LogP contribution in [0.25, 0.3) is 0 Å². The molecule has 0 spiro atoms. The van der Waals surface area contributed by atoms with Gasteiger partial charge in [0.25, 0.3) is 11.8 Å². The number of nitrogens with zero attached hydrogens (tertiary/aromatic N) is 3. The third-order valence-corrected chi connectivity index (χ3v) is 12.2. The summed E-state index contributed by atoms with van der Waals surface area (Å²) in [6.45, 7) is 7.02. The normalized spacial score (nSPS) is 19.0. The van der Waals surface area contributed by atoms with Crippen molar-refractivity contribution in [2.75, 3.05) is 30.7 Å². The van der Waals surface area contributed by atoms with E-state index in [1.165, 1.54) is 24.2 Å². The lowest BCUT2D eigenvalue weighted by Gasteiger charge is -2.43. The second kappa shape index (κ2) is 18.3. The van der Waals surface area contributed by atoms with Crippen molar-refractivity contribution in [2.45, 2.75) is 141 Å². The molecular weight excluding hydrogens is 675 g/mol. The minimum absolute atomic E-state index is 0.0880. The summed E-state index contributed by atoms with van der Waals surface area (Å²) < 4.78 is 27.3. The number of rotatable bonds is 19. The van der Waals surface area contributed by atoms with E-state index in [2.05, 4.69) is 10.6 Å². The summed E-state index contributed by atoms with van der Waals surface area (Å²) in [6.07, 6.45) is 13.0. The molecule has 5 amide bonds. The lowest BCUT2D eigenvalue weighted by Crippen LogP contribution is -2.55. The Bertz CT molecular complexity index is 1520. The van der Waals surface area contributed by atoms with E-state index in [4.69, 9.17) is 0 Å². The molecule has 1 unspecified atom stereocenters. The number of unbranched alkanes of at least 4 members (excludes halogenated alkanes) is 11. The predicted octanol–water partition coefficient (Wildman–Crippen LogP) is 5.75. The molecule has 1 aromatic rings. The van der Waals surface area contributed by atoms with E-state index in [1.807, 2.05) is 20.8 Å². The van der Waals surface area contributed by atoms with Gasteiger partial charge in [-0.3, -0.25) is 29.4 Å². The summed E-state index contributed by atoms with van der Waals surface area (Å²) in [5.74, 6) is -1.86. The van der Waals surface area contributed by atoms with E-state index in [1.54, 1.807) is 22.5 Å². The van der Waals surface area contributed by atoms with E-state index in [9.17, 15) is 37.5 Å². The van der Waals surface area contributed by atoms with Crippen molar-refractivity contribution >= 4 is 45.4 Å². The minimum Gasteiger partial charge on any atom is -0.465 e. The Morgan fingerprint density at radius 1 is 0.863 bits per heavy atom. The van der Waals surface area contributed by atoms with Crippen molar-refractivity contribution in [3.63, 3.8) is 0 Å². The monoisotopic (exact) mass is 731 g/mol. The lowest BCUT2D eigenvalue weighted by molar-refractivity contribution is -0.136. The van der Waals surface area contributed by atoms with Crippen molar-refractivity contribution < 1.29 is 37.5 Å². The minimum atomic E-state index is -3.32. The molecule has 284 valence electrons. The molecule has 0 bridgehead atoms. The number of anilines is 1. The van der Waals surface area contributed by atoms with Gasteiger partial charge in [-0.15, -0.1) is 0 Å². The van der Waals surface area contributed by atoms with Crippen LogP contribution >= 0.6 is 0 Å². The largest absolute Gasteiger partial charge is 0.465 e. The first-order valence-electron chi connectivity index (χ1n) is 18.8. The highest BCUT2D eigenvalue weighted by Gasteiger charge is 2.45. The Morgan fingerprint density at radius 2 is 1.43 bits per heavy atom. The van der Waals surface area contributed by atoms with E-state index in [0.717, 1.165) is 56.3 Å². The van der Waals surface area contributed by atoms with E-state index < -0.39 is 51.3 Å². The lowest BCUT2D eigenvalue weighted by atomic mass is 9.98. The number of piperidine rings is 2. The Morgan fingerprint density at radius 3 is 1.98 bits per heavy atom. The van der Waals surface area contributed by atoms with Gasteiger partial charge in [-0.25, -0.2) is 17.5 Å². The molecule has 3 aliphatic rings. The fourth-order valence-corrected chi connectivity index (χ4v) is 9.16. The highest BCUT2D eigenvalue weighted by molar-refractivity contribution is 7.89. The quantitative estimate of drug-likeness (QED) is 0.118. The van der Waals surface area contributed by atoms with Gasteiger partial charge in [0.15, 0.2) is 0 Å². The summed E-state index contributed by atoms with van der Waals surface area (Å²) >= 11 is 0. The summed E-state index contributed by atoms with van der Waals surface area (Å²) in [4.78, 5) is 64.3. The molecule has 0 aliphatic carbocycles. The summed E-state index contributed by atoms with van der Waals surface area (Å²) in [5.41, 5.74) is 0.632. The molecule has 1 atom stereocenters. The average Bonchev–Trinajstić information content (AvgIpc) is 3.31. The molecule has 0 radical (unpaired) electrons. The van der Waals surface area contributed by atoms with Crippen LogP contribution in [0, 0.1) is 0 Å². The van der Waals surface area contributed by atoms with Gasteiger partial charge < -0.3 is 15.3 Å². The number of carboxylic acid groups (broad SMARTS) is 1. The molecule has 3 N–H and O–H groups in total. The van der Waals surface area contributed by atoms with Crippen LogP contribution < -0.4 is 10.6 Å². The molecule has 14 heteroatoms. The fraction of sp³-hybridized carbons (Fsp3) is 0.703. The number of imide groups is 2. The van der Waals surface area contributed by atoms with E-state index >= 15 is 0 Å². The summed E-state index contributed by atoms with van der Waals surface area (Å²) in [5, 5.41) is 15.2.